The van der Waals surface area contributed by atoms with Crippen LogP contribution in [0.3, 0.4) is 0 Å². The van der Waals surface area contributed by atoms with Gasteiger partial charge in [0, 0.05) is 26.8 Å². The molecule has 0 bridgehead atoms. The summed E-state index contributed by atoms with van der Waals surface area (Å²) in [5.74, 6) is 0. The van der Waals surface area contributed by atoms with E-state index in [1.54, 1.807) is 7.11 Å². The van der Waals surface area contributed by atoms with Crippen LogP contribution in [-0.4, -0.2) is 39.5 Å². The zero-order valence-electron chi connectivity index (χ0n) is 10.4. The third-order valence-electron chi connectivity index (χ3n) is 1.65. The first-order chi connectivity index (χ1) is 6.93. The molecule has 3 heteroatoms. The third-order valence-corrected chi connectivity index (χ3v) is 1.65. The molecule has 14 heavy (non-hydrogen) atoms. The van der Waals surface area contributed by atoms with Gasteiger partial charge >= 0.3 is 0 Å². The Hall–Kier alpha value is -0.120. The van der Waals surface area contributed by atoms with Gasteiger partial charge in [0.2, 0.25) is 0 Å². The van der Waals surface area contributed by atoms with E-state index >= 15 is 0 Å². The van der Waals surface area contributed by atoms with Crippen molar-refractivity contribution in [1.82, 2.24) is 5.32 Å². The second-order valence-electron chi connectivity index (χ2n) is 2.48. The van der Waals surface area contributed by atoms with E-state index in [0.717, 1.165) is 32.7 Å². The highest BCUT2D eigenvalue weighted by Crippen LogP contribution is 2.00. The minimum Gasteiger partial charge on any atom is -0.385 e. The Morgan fingerprint density at radius 2 is 1.93 bits per heavy atom. The first-order valence-corrected chi connectivity index (χ1v) is 5.74. The van der Waals surface area contributed by atoms with Gasteiger partial charge in [-0.2, -0.15) is 0 Å². The van der Waals surface area contributed by atoms with Crippen LogP contribution < -0.4 is 5.32 Å². The smallest absolute Gasteiger partial charge is 0.0722 e. The molecule has 0 aromatic heterocycles. The summed E-state index contributed by atoms with van der Waals surface area (Å²) < 4.78 is 10.4. The second kappa shape index (κ2) is 15.4. The quantitative estimate of drug-likeness (QED) is 0.765. The van der Waals surface area contributed by atoms with Crippen LogP contribution in [0.25, 0.3) is 0 Å². The summed E-state index contributed by atoms with van der Waals surface area (Å²) in [6, 6.07) is 0. The van der Waals surface area contributed by atoms with Gasteiger partial charge in [-0.1, -0.05) is 27.7 Å². The number of morpholine rings is 1. The molecule has 1 heterocycles. The second-order valence-corrected chi connectivity index (χ2v) is 2.48. The van der Waals surface area contributed by atoms with Crippen molar-refractivity contribution in [3.63, 3.8) is 0 Å². The molecule has 88 valence electrons. The standard InChI is InChI=1S/C7H15NO2.2C2H6/c1-9-4-2-7-6-8-3-5-10-7;2*1-2/h7-8H,2-6H2,1H3;2*1-2H3. The molecule has 3 nitrogen and oxygen atoms in total. The van der Waals surface area contributed by atoms with Crippen LogP contribution >= 0.6 is 0 Å². The van der Waals surface area contributed by atoms with Crippen molar-refractivity contribution < 1.29 is 9.47 Å². The van der Waals surface area contributed by atoms with Crippen LogP contribution in [-0.2, 0) is 9.47 Å². The molecule has 1 aliphatic rings. The normalized spacial score (nSPS) is 19.9. The van der Waals surface area contributed by atoms with Crippen molar-refractivity contribution in [2.45, 2.75) is 40.2 Å². The van der Waals surface area contributed by atoms with Gasteiger partial charge < -0.3 is 14.8 Å². The van der Waals surface area contributed by atoms with Gasteiger partial charge in [-0.3, -0.25) is 0 Å². The molecule has 1 rings (SSSR count). The van der Waals surface area contributed by atoms with Crippen LogP contribution in [0.1, 0.15) is 34.1 Å². The number of nitrogens with one attached hydrogen (secondary N) is 1. The van der Waals surface area contributed by atoms with Crippen molar-refractivity contribution in [2.24, 2.45) is 0 Å². The Morgan fingerprint density at radius 3 is 2.36 bits per heavy atom. The molecule has 0 aromatic rings. The maximum absolute atomic E-state index is 5.44. The van der Waals surface area contributed by atoms with E-state index in [9.17, 15) is 0 Å². The number of ether oxygens (including phenoxy) is 2. The van der Waals surface area contributed by atoms with E-state index in [-0.39, 0.29) is 0 Å². The lowest BCUT2D eigenvalue weighted by molar-refractivity contribution is 0.00896. The van der Waals surface area contributed by atoms with Crippen molar-refractivity contribution >= 4 is 0 Å². The van der Waals surface area contributed by atoms with Crippen LogP contribution in [0.15, 0.2) is 0 Å². The van der Waals surface area contributed by atoms with Crippen molar-refractivity contribution in [1.29, 1.82) is 0 Å². The number of methoxy groups -OCH3 is 1. The molecule has 0 saturated carbocycles. The fraction of sp³-hybridized carbons (Fsp3) is 1.00. The van der Waals surface area contributed by atoms with E-state index in [4.69, 9.17) is 9.47 Å². The average Bonchev–Trinajstić information content (AvgIpc) is 2.33. The Kier molecular flexibility index (Phi) is 17.9. The maximum atomic E-state index is 5.44. The Balaban J connectivity index is 0. The Bertz CT molecular complexity index is 83.4. The van der Waals surface area contributed by atoms with Gasteiger partial charge in [0.1, 0.15) is 0 Å². The van der Waals surface area contributed by atoms with Gasteiger partial charge in [-0.25, -0.2) is 0 Å². The summed E-state index contributed by atoms with van der Waals surface area (Å²) in [5.41, 5.74) is 0. The summed E-state index contributed by atoms with van der Waals surface area (Å²) in [6.07, 6.45) is 1.37. The fourth-order valence-corrected chi connectivity index (χ4v) is 1.05. The zero-order chi connectivity index (χ0) is 11.2. The maximum Gasteiger partial charge on any atom is 0.0722 e. The number of hydrogen-bond donors (Lipinski definition) is 1. The first kappa shape index (κ1) is 16.3. The van der Waals surface area contributed by atoms with Gasteiger partial charge in [0.25, 0.3) is 0 Å². The minimum atomic E-state index is 0.369. The molecule has 0 aliphatic carbocycles. The topological polar surface area (TPSA) is 30.5 Å². The molecule has 1 fully saturated rings. The molecular formula is C11H27NO2. The van der Waals surface area contributed by atoms with E-state index in [1.807, 2.05) is 27.7 Å². The lowest BCUT2D eigenvalue weighted by Crippen LogP contribution is -2.38. The molecule has 0 amide bonds. The van der Waals surface area contributed by atoms with Crippen molar-refractivity contribution in [2.75, 3.05) is 33.4 Å². The molecule has 1 saturated heterocycles. The molecule has 1 unspecified atom stereocenters. The Labute approximate surface area is 89.2 Å². The van der Waals surface area contributed by atoms with E-state index < -0.39 is 0 Å². The van der Waals surface area contributed by atoms with E-state index in [1.165, 1.54) is 0 Å². The predicted octanol–water partition coefficient (Wildman–Crippen LogP) is 2.06. The van der Waals surface area contributed by atoms with Crippen LogP contribution in [0.4, 0.5) is 0 Å². The first-order valence-electron chi connectivity index (χ1n) is 5.74. The van der Waals surface area contributed by atoms with Crippen molar-refractivity contribution in [3.8, 4) is 0 Å². The summed E-state index contributed by atoms with van der Waals surface area (Å²) >= 11 is 0. The third kappa shape index (κ3) is 9.96. The van der Waals surface area contributed by atoms with Gasteiger partial charge in [0.05, 0.1) is 12.7 Å². The Morgan fingerprint density at radius 1 is 1.29 bits per heavy atom. The molecule has 0 aromatic carbocycles. The van der Waals surface area contributed by atoms with Gasteiger partial charge in [0.15, 0.2) is 0 Å². The molecule has 1 N–H and O–H groups in total. The molecular weight excluding hydrogens is 178 g/mol. The van der Waals surface area contributed by atoms with Crippen molar-refractivity contribution in [3.05, 3.63) is 0 Å². The highest BCUT2D eigenvalue weighted by molar-refractivity contribution is 4.65. The summed E-state index contributed by atoms with van der Waals surface area (Å²) in [6.45, 7) is 11.6. The predicted molar refractivity (Wildman–Crippen MR) is 61.8 cm³/mol. The number of hydrogen-bond acceptors (Lipinski definition) is 3. The summed E-state index contributed by atoms with van der Waals surface area (Å²) in [7, 11) is 1.72. The summed E-state index contributed by atoms with van der Waals surface area (Å²) in [5, 5.41) is 3.26. The average molecular weight is 205 g/mol. The monoisotopic (exact) mass is 205 g/mol. The van der Waals surface area contributed by atoms with Crippen LogP contribution in [0, 0.1) is 0 Å². The molecule has 1 aliphatic heterocycles. The fourth-order valence-electron chi connectivity index (χ4n) is 1.05. The number of rotatable bonds is 3. The molecule has 0 spiro atoms. The van der Waals surface area contributed by atoms with Gasteiger partial charge in [-0.15, -0.1) is 0 Å². The van der Waals surface area contributed by atoms with E-state index in [2.05, 4.69) is 5.32 Å². The van der Waals surface area contributed by atoms with Crippen LogP contribution in [0.2, 0.25) is 0 Å². The SMILES string of the molecule is CC.CC.COCCC1CNCCO1. The van der Waals surface area contributed by atoms with Gasteiger partial charge in [-0.05, 0) is 6.42 Å². The lowest BCUT2D eigenvalue weighted by atomic mass is 10.2. The minimum absolute atomic E-state index is 0.369. The lowest BCUT2D eigenvalue weighted by Gasteiger charge is -2.22. The molecule has 1 atom stereocenters. The van der Waals surface area contributed by atoms with Crippen LogP contribution in [0.5, 0.6) is 0 Å². The largest absolute Gasteiger partial charge is 0.385 e. The molecule has 0 radical (unpaired) electrons. The summed E-state index contributed by atoms with van der Waals surface area (Å²) in [4.78, 5) is 0. The highest BCUT2D eigenvalue weighted by atomic mass is 16.5. The van der Waals surface area contributed by atoms with E-state index in [0.29, 0.717) is 6.10 Å². The highest BCUT2D eigenvalue weighted by Gasteiger charge is 2.11. The zero-order valence-corrected chi connectivity index (χ0v) is 10.4.